The molecule has 0 saturated carbocycles. The molecule has 2 rings (SSSR count). The van der Waals surface area contributed by atoms with Crippen LogP contribution in [0, 0.1) is 0 Å². The zero-order valence-corrected chi connectivity index (χ0v) is 20.0. The van der Waals surface area contributed by atoms with Gasteiger partial charge in [0.25, 0.3) is 5.60 Å². The van der Waals surface area contributed by atoms with E-state index in [1.807, 2.05) is 0 Å². The summed E-state index contributed by atoms with van der Waals surface area (Å²) >= 11 is 3.32. The average molecular weight is 515 g/mol. The van der Waals surface area contributed by atoms with E-state index >= 15 is 4.39 Å². The molecule has 0 amide bonds. The third-order valence-corrected chi connectivity index (χ3v) is 6.24. The number of hydrogen-bond acceptors (Lipinski definition) is 6. The molecular weight excluding hydrogens is 490 g/mol. The number of carbonyl (C=O) groups excluding carboxylic acids is 1. The molecule has 2 aromatic rings. The third-order valence-electron chi connectivity index (χ3n) is 4.07. The summed E-state index contributed by atoms with van der Waals surface area (Å²) < 4.78 is 51.2. The number of halogens is 2. The Bertz CT molecular complexity index is 925. The van der Waals surface area contributed by atoms with Crippen molar-refractivity contribution in [3.05, 3.63) is 76.0 Å². The van der Waals surface area contributed by atoms with E-state index in [0.29, 0.717) is 5.56 Å². The largest absolute Gasteiger partial charge is 0.476 e. The normalized spacial score (nSPS) is 14.2. The molecule has 31 heavy (non-hydrogen) atoms. The average Bonchev–Trinajstić information content (AvgIpc) is 2.74. The molecule has 0 spiro atoms. The summed E-state index contributed by atoms with van der Waals surface area (Å²) in [6.07, 6.45) is 1.12. The standard InChI is InChI=1S/C22H25BrFO6P/c1-4-27-21(25)22(18-10-8-7-9-11-18,30-31(26,28-5-2)29-6-3)20(24)16-17-12-14-19(23)15-13-17/h7-16H,4-6H2,1-3H3/b20-16-. The summed E-state index contributed by atoms with van der Waals surface area (Å²) in [6, 6.07) is 14.6. The van der Waals surface area contributed by atoms with Crippen LogP contribution in [0.15, 0.2) is 64.9 Å². The van der Waals surface area contributed by atoms with Crippen LogP contribution >= 0.6 is 23.8 Å². The second-order valence-corrected chi connectivity index (χ2v) is 8.69. The van der Waals surface area contributed by atoms with Gasteiger partial charge in [-0.15, -0.1) is 0 Å². The SMILES string of the molecule is CCOC(=O)C(OP(=O)(OCC)OCC)(/C(F)=C/c1ccc(Br)cc1)c1ccccc1. The zero-order valence-electron chi connectivity index (χ0n) is 17.5. The van der Waals surface area contributed by atoms with Gasteiger partial charge in [0.05, 0.1) is 19.8 Å². The molecule has 0 N–H and O–H groups in total. The van der Waals surface area contributed by atoms with E-state index < -0.39 is 25.2 Å². The van der Waals surface area contributed by atoms with Gasteiger partial charge in [0.1, 0.15) is 5.83 Å². The summed E-state index contributed by atoms with van der Waals surface area (Å²) in [7, 11) is -4.34. The summed E-state index contributed by atoms with van der Waals surface area (Å²) in [4.78, 5) is 13.2. The van der Waals surface area contributed by atoms with Gasteiger partial charge in [-0.1, -0.05) is 58.4 Å². The molecule has 0 saturated heterocycles. The lowest BCUT2D eigenvalue weighted by atomic mass is 9.91. The van der Waals surface area contributed by atoms with Crippen LogP contribution in [-0.4, -0.2) is 25.8 Å². The Kier molecular flexibility index (Phi) is 9.59. The Hall–Kier alpha value is -1.83. The van der Waals surface area contributed by atoms with Crippen molar-refractivity contribution in [1.82, 2.24) is 0 Å². The van der Waals surface area contributed by atoms with Gasteiger partial charge < -0.3 is 4.74 Å². The minimum Gasteiger partial charge on any atom is -0.463 e. The molecule has 0 aromatic heterocycles. The van der Waals surface area contributed by atoms with Gasteiger partial charge in [-0.05, 0) is 44.5 Å². The van der Waals surface area contributed by atoms with Gasteiger partial charge in [0, 0.05) is 10.0 Å². The first kappa shape index (κ1) is 25.4. The number of benzene rings is 2. The van der Waals surface area contributed by atoms with E-state index in [1.54, 1.807) is 63.2 Å². The Morgan fingerprint density at radius 2 is 1.58 bits per heavy atom. The monoisotopic (exact) mass is 514 g/mol. The second-order valence-electron chi connectivity index (χ2n) is 6.19. The first-order chi connectivity index (χ1) is 14.8. The number of ether oxygens (including phenoxy) is 1. The van der Waals surface area contributed by atoms with Crippen LogP contribution in [0.2, 0.25) is 0 Å². The Morgan fingerprint density at radius 1 is 1.00 bits per heavy atom. The van der Waals surface area contributed by atoms with Crippen molar-refractivity contribution in [2.24, 2.45) is 0 Å². The molecular formula is C22H25BrFO6P. The number of hydrogen-bond donors (Lipinski definition) is 0. The Labute approximate surface area is 190 Å². The lowest BCUT2D eigenvalue weighted by Gasteiger charge is -2.32. The molecule has 9 heteroatoms. The highest BCUT2D eigenvalue weighted by Crippen LogP contribution is 2.57. The van der Waals surface area contributed by atoms with Crippen molar-refractivity contribution < 1.29 is 32.1 Å². The van der Waals surface area contributed by atoms with Crippen LogP contribution in [0.4, 0.5) is 4.39 Å². The highest BCUT2D eigenvalue weighted by atomic mass is 79.9. The molecule has 0 radical (unpaired) electrons. The first-order valence-electron chi connectivity index (χ1n) is 9.77. The summed E-state index contributed by atoms with van der Waals surface area (Å²) in [6.45, 7) is 4.62. The predicted molar refractivity (Wildman–Crippen MR) is 120 cm³/mol. The zero-order chi connectivity index (χ0) is 22.9. The highest BCUT2D eigenvalue weighted by molar-refractivity contribution is 9.10. The van der Waals surface area contributed by atoms with Crippen molar-refractivity contribution >= 4 is 35.8 Å². The number of esters is 1. The second kappa shape index (κ2) is 11.7. The quantitative estimate of drug-likeness (QED) is 0.254. The minimum atomic E-state index is -4.34. The van der Waals surface area contributed by atoms with Crippen LogP contribution in [0.5, 0.6) is 0 Å². The number of carbonyl (C=O) groups is 1. The highest BCUT2D eigenvalue weighted by Gasteiger charge is 2.54. The van der Waals surface area contributed by atoms with Crippen molar-refractivity contribution in [1.29, 1.82) is 0 Å². The van der Waals surface area contributed by atoms with Gasteiger partial charge in [-0.3, -0.25) is 13.6 Å². The third kappa shape index (κ3) is 6.34. The molecule has 1 unspecified atom stereocenters. The Morgan fingerprint density at radius 3 is 2.10 bits per heavy atom. The van der Waals surface area contributed by atoms with Crippen molar-refractivity contribution in [3.8, 4) is 0 Å². The molecule has 0 fully saturated rings. The van der Waals surface area contributed by atoms with Crippen molar-refractivity contribution in [2.75, 3.05) is 19.8 Å². The van der Waals surface area contributed by atoms with Crippen molar-refractivity contribution in [2.45, 2.75) is 26.4 Å². The van der Waals surface area contributed by atoms with Gasteiger partial charge in [-0.2, -0.15) is 0 Å². The number of phosphoric acid groups is 1. The molecule has 0 bridgehead atoms. The van der Waals surface area contributed by atoms with Crippen LogP contribution in [0.25, 0.3) is 6.08 Å². The maximum absolute atomic E-state index is 16.0. The number of phosphoric ester groups is 1. The van der Waals surface area contributed by atoms with E-state index in [-0.39, 0.29) is 25.4 Å². The summed E-state index contributed by atoms with van der Waals surface area (Å²) in [5.74, 6) is -2.11. The van der Waals surface area contributed by atoms with Gasteiger partial charge in [0.2, 0.25) is 0 Å². The fourth-order valence-corrected chi connectivity index (χ4v) is 4.45. The topological polar surface area (TPSA) is 71.1 Å². The fourth-order valence-electron chi connectivity index (χ4n) is 2.77. The van der Waals surface area contributed by atoms with Crippen LogP contribution in [0.1, 0.15) is 31.9 Å². The van der Waals surface area contributed by atoms with Gasteiger partial charge in [-0.25, -0.2) is 13.8 Å². The predicted octanol–water partition coefficient (Wildman–Crippen LogP) is 6.42. The lowest BCUT2D eigenvalue weighted by molar-refractivity contribution is -0.162. The minimum absolute atomic E-state index is 0.0387. The molecule has 0 heterocycles. The van der Waals surface area contributed by atoms with E-state index in [2.05, 4.69) is 15.9 Å². The maximum Gasteiger partial charge on any atom is 0.476 e. The molecule has 168 valence electrons. The van der Waals surface area contributed by atoms with E-state index in [4.69, 9.17) is 18.3 Å². The molecule has 0 aliphatic carbocycles. The van der Waals surface area contributed by atoms with E-state index in [0.717, 1.165) is 10.5 Å². The van der Waals surface area contributed by atoms with Crippen LogP contribution < -0.4 is 0 Å². The molecule has 0 aliphatic rings. The van der Waals surface area contributed by atoms with E-state index in [1.165, 1.54) is 12.1 Å². The van der Waals surface area contributed by atoms with Crippen LogP contribution in [0.3, 0.4) is 0 Å². The fraction of sp³-hybridized carbons (Fsp3) is 0.318. The molecule has 2 aromatic carbocycles. The maximum atomic E-state index is 16.0. The Balaban J connectivity index is 2.74. The molecule has 0 aliphatic heterocycles. The van der Waals surface area contributed by atoms with Gasteiger partial charge >= 0.3 is 13.8 Å². The van der Waals surface area contributed by atoms with Crippen LogP contribution in [-0.2, 0) is 33.3 Å². The van der Waals surface area contributed by atoms with Gasteiger partial charge in [0.15, 0.2) is 0 Å². The summed E-state index contributed by atoms with van der Waals surface area (Å²) in [5, 5.41) is 0. The first-order valence-corrected chi connectivity index (χ1v) is 12.0. The summed E-state index contributed by atoms with van der Waals surface area (Å²) in [5.41, 5.74) is -1.96. The number of rotatable bonds is 11. The molecule has 1 atom stereocenters. The van der Waals surface area contributed by atoms with Crippen molar-refractivity contribution in [3.63, 3.8) is 0 Å². The molecule has 6 nitrogen and oxygen atoms in total. The smallest absolute Gasteiger partial charge is 0.463 e. The van der Waals surface area contributed by atoms with E-state index in [9.17, 15) is 9.36 Å². The lowest BCUT2D eigenvalue weighted by Crippen LogP contribution is -2.41.